The molecule has 1 heterocycles. The van der Waals surface area contributed by atoms with E-state index in [0.717, 1.165) is 4.90 Å². The third-order valence-corrected chi connectivity index (χ3v) is 2.33. The summed E-state index contributed by atoms with van der Waals surface area (Å²) in [6, 6.07) is -0.574. The number of carbonyl (C=O) groups excluding carboxylic acids is 2. The molecule has 0 bridgehead atoms. The lowest BCUT2D eigenvalue weighted by Crippen LogP contribution is -2.57. The number of hydrogen-bond donors (Lipinski definition) is 2. The van der Waals surface area contributed by atoms with Crippen LogP contribution >= 0.6 is 0 Å². The van der Waals surface area contributed by atoms with Crippen molar-refractivity contribution in [1.29, 1.82) is 0 Å². The molecule has 7 heteroatoms. The Kier molecular flexibility index (Phi) is 4.15. The van der Waals surface area contributed by atoms with E-state index >= 15 is 0 Å². The van der Waals surface area contributed by atoms with Gasteiger partial charge in [0.1, 0.15) is 12.1 Å². The Morgan fingerprint density at radius 2 is 2.11 bits per heavy atom. The lowest BCUT2D eigenvalue weighted by atomic mass is 10.1. The van der Waals surface area contributed by atoms with E-state index in [1.165, 1.54) is 0 Å². The summed E-state index contributed by atoms with van der Waals surface area (Å²) in [5.41, 5.74) is -0.682. The molecule has 0 aliphatic carbocycles. The molecule has 0 aromatic rings. The minimum absolute atomic E-state index is 0.129. The summed E-state index contributed by atoms with van der Waals surface area (Å²) >= 11 is 0. The second kappa shape index (κ2) is 5.24. The average Bonchev–Trinajstić information content (AvgIpc) is 2.17. The normalized spacial score (nSPS) is 20.3. The van der Waals surface area contributed by atoms with Gasteiger partial charge >= 0.3 is 12.1 Å². The van der Waals surface area contributed by atoms with Crippen molar-refractivity contribution in [1.82, 2.24) is 10.2 Å². The van der Waals surface area contributed by atoms with Crippen LogP contribution in [0.3, 0.4) is 0 Å². The molecule has 1 atom stereocenters. The van der Waals surface area contributed by atoms with E-state index in [2.05, 4.69) is 5.32 Å². The fraction of sp³-hybridized carbons (Fsp3) is 0.727. The topological polar surface area (TPSA) is 95.9 Å². The minimum Gasteiger partial charge on any atom is -0.481 e. The van der Waals surface area contributed by atoms with Crippen molar-refractivity contribution in [2.75, 3.05) is 13.1 Å². The van der Waals surface area contributed by atoms with Gasteiger partial charge in [0.2, 0.25) is 5.91 Å². The number of ether oxygens (including phenoxy) is 1. The summed E-state index contributed by atoms with van der Waals surface area (Å²) in [6.45, 7) is 5.08. The van der Waals surface area contributed by atoms with Crippen LogP contribution in [-0.2, 0) is 14.3 Å². The first-order valence-electron chi connectivity index (χ1n) is 5.67. The van der Waals surface area contributed by atoms with Crippen molar-refractivity contribution in [3.8, 4) is 0 Å². The fourth-order valence-electron chi connectivity index (χ4n) is 1.60. The standard InChI is InChI=1S/C11H18N2O5/c1-11(2,3)18-10(17)13-6-8(14)12-5-7(13)4-9(15)16/h7H,4-6H2,1-3H3,(H,12,14)(H,15,16)/t7-/m0/s1. The molecule has 0 aromatic carbocycles. The molecule has 102 valence electrons. The molecule has 7 nitrogen and oxygen atoms in total. The first-order chi connectivity index (χ1) is 8.19. The van der Waals surface area contributed by atoms with Crippen molar-refractivity contribution in [2.24, 2.45) is 0 Å². The van der Waals surface area contributed by atoms with Gasteiger partial charge in [0.15, 0.2) is 0 Å². The zero-order chi connectivity index (χ0) is 13.9. The maximum absolute atomic E-state index is 11.9. The first kappa shape index (κ1) is 14.3. The number of hydrogen-bond acceptors (Lipinski definition) is 4. The SMILES string of the molecule is CC(C)(C)OC(=O)N1CC(=O)NC[C@@H]1CC(=O)O. The maximum atomic E-state index is 11.9. The Morgan fingerprint density at radius 1 is 1.50 bits per heavy atom. The van der Waals surface area contributed by atoms with Crippen LogP contribution in [0.1, 0.15) is 27.2 Å². The van der Waals surface area contributed by atoms with Gasteiger partial charge in [-0.2, -0.15) is 0 Å². The number of nitrogens with one attached hydrogen (secondary N) is 1. The summed E-state index contributed by atoms with van der Waals surface area (Å²) in [5, 5.41) is 11.3. The van der Waals surface area contributed by atoms with E-state index in [1.807, 2.05) is 0 Å². The molecule has 1 aliphatic rings. The number of piperazine rings is 1. The van der Waals surface area contributed by atoms with E-state index in [9.17, 15) is 14.4 Å². The summed E-state index contributed by atoms with van der Waals surface area (Å²) in [5.74, 6) is -1.34. The molecule has 0 spiro atoms. The monoisotopic (exact) mass is 258 g/mol. The van der Waals surface area contributed by atoms with Gasteiger partial charge < -0.3 is 15.2 Å². The predicted octanol–water partition coefficient (Wildman–Crippen LogP) is 0.197. The fourth-order valence-corrected chi connectivity index (χ4v) is 1.60. The highest BCUT2D eigenvalue weighted by molar-refractivity contribution is 5.84. The highest BCUT2D eigenvalue weighted by Crippen LogP contribution is 2.15. The molecule has 18 heavy (non-hydrogen) atoms. The van der Waals surface area contributed by atoms with Crippen molar-refractivity contribution < 1.29 is 24.2 Å². The van der Waals surface area contributed by atoms with Crippen molar-refractivity contribution in [3.63, 3.8) is 0 Å². The number of carboxylic acids is 1. The molecule has 2 amide bonds. The van der Waals surface area contributed by atoms with Crippen LogP contribution in [0, 0.1) is 0 Å². The summed E-state index contributed by atoms with van der Waals surface area (Å²) < 4.78 is 5.15. The van der Waals surface area contributed by atoms with Gasteiger partial charge in [0, 0.05) is 6.54 Å². The Morgan fingerprint density at radius 3 is 2.61 bits per heavy atom. The zero-order valence-corrected chi connectivity index (χ0v) is 10.7. The van der Waals surface area contributed by atoms with Crippen molar-refractivity contribution >= 4 is 18.0 Å². The van der Waals surface area contributed by atoms with Crippen LogP contribution in [-0.4, -0.2) is 52.7 Å². The molecule has 0 saturated carbocycles. The Labute approximate surface area is 105 Å². The third kappa shape index (κ3) is 4.23. The highest BCUT2D eigenvalue weighted by atomic mass is 16.6. The van der Waals surface area contributed by atoms with E-state index in [4.69, 9.17) is 9.84 Å². The Hall–Kier alpha value is -1.79. The molecule has 1 fully saturated rings. The number of aliphatic carboxylic acids is 1. The molecule has 0 radical (unpaired) electrons. The summed E-state index contributed by atoms with van der Waals surface area (Å²) in [6.07, 6.45) is -0.886. The van der Waals surface area contributed by atoms with Crippen molar-refractivity contribution in [3.05, 3.63) is 0 Å². The van der Waals surface area contributed by atoms with Crippen LogP contribution in [0.25, 0.3) is 0 Å². The molecule has 1 rings (SSSR count). The minimum atomic E-state index is -1.02. The highest BCUT2D eigenvalue weighted by Gasteiger charge is 2.34. The molecule has 1 aliphatic heterocycles. The Balaban J connectivity index is 2.75. The number of amides is 2. The van der Waals surface area contributed by atoms with Crippen LogP contribution in [0.4, 0.5) is 4.79 Å². The molecular weight excluding hydrogens is 240 g/mol. The van der Waals surface area contributed by atoms with Gasteiger partial charge in [-0.05, 0) is 20.8 Å². The summed E-state index contributed by atoms with van der Waals surface area (Å²) in [7, 11) is 0. The molecule has 2 N–H and O–H groups in total. The molecule has 1 saturated heterocycles. The van der Waals surface area contributed by atoms with E-state index in [0.29, 0.717) is 0 Å². The van der Waals surface area contributed by atoms with Crippen molar-refractivity contribution in [2.45, 2.75) is 38.8 Å². The number of rotatable bonds is 2. The van der Waals surface area contributed by atoms with Crippen LogP contribution < -0.4 is 5.32 Å². The van der Waals surface area contributed by atoms with Gasteiger partial charge in [-0.3, -0.25) is 14.5 Å². The second-order valence-electron chi connectivity index (χ2n) is 5.16. The largest absolute Gasteiger partial charge is 0.481 e. The lowest BCUT2D eigenvalue weighted by Gasteiger charge is -2.35. The lowest BCUT2D eigenvalue weighted by molar-refractivity contribution is -0.139. The second-order valence-corrected chi connectivity index (χ2v) is 5.16. The van der Waals surface area contributed by atoms with Crippen LogP contribution in [0.2, 0.25) is 0 Å². The van der Waals surface area contributed by atoms with Gasteiger partial charge in [-0.1, -0.05) is 0 Å². The van der Waals surface area contributed by atoms with E-state index in [1.54, 1.807) is 20.8 Å². The quantitative estimate of drug-likeness (QED) is 0.737. The van der Waals surface area contributed by atoms with Gasteiger partial charge in [-0.25, -0.2) is 4.79 Å². The van der Waals surface area contributed by atoms with Gasteiger partial charge in [-0.15, -0.1) is 0 Å². The first-order valence-corrected chi connectivity index (χ1v) is 5.67. The van der Waals surface area contributed by atoms with E-state index in [-0.39, 0.29) is 25.4 Å². The summed E-state index contributed by atoms with van der Waals surface area (Å²) in [4.78, 5) is 35.0. The molecule has 0 unspecified atom stereocenters. The molecule has 0 aromatic heterocycles. The van der Waals surface area contributed by atoms with Crippen LogP contribution in [0.15, 0.2) is 0 Å². The van der Waals surface area contributed by atoms with E-state index < -0.39 is 23.7 Å². The third-order valence-electron chi connectivity index (χ3n) is 2.33. The van der Waals surface area contributed by atoms with Crippen LogP contribution in [0.5, 0.6) is 0 Å². The Bertz CT molecular complexity index is 361. The average molecular weight is 258 g/mol. The van der Waals surface area contributed by atoms with Gasteiger partial charge in [0.05, 0.1) is 12.5 Å². The predicted molar refractivity (Wildman–Crippen MR) is 62.0 cm³/mol. The molecular formula is C11H18N2O5. The number of nitrogens with zero attached hydrogens (tertiary/aromatic N) is 1. The maximum Gasteiger partial charge on any atom is 0.411 e. The zero-order valence-electron chi connectivity index (χ0n) is 10.7. The number of carbonyl (C=O) groups is 3. The smallest absolute Gasteiger partial charge is 0.411 e. The van der Waals surface area contributed by atoms with Gasteiger partial charge in [0.25, 0.3) is 0 Å². The number of carboxylic acid groups (broad SMARTS) is 1.